The van der Waals surface area contributed by atoms with Gasteiger partial charge in [-0.3, -0.25) is 0 Å². The molecule has 0 aromatic heterocycles. The molecule has 0 unspecified atom stereocenters. The first-order chi connectivity index (χ1) is 7.06. The fourth-order valence-corrected chi connectivity index (χ4v) is 1.48. The molecular formula is C13H20O2. The molecule has 0 aliphatic carbocycles. The molecule has 0 saturated heterocycles. The molecular weight excluding hydrogens is 188 g/mol. The van der Waals surface area contributed by atoms with E-state index in [1.807, 2.05) is 44.2 Å². The lowest BCUT2D eigenvalue weighted by Crippen LogP contribution is -2.41. The highest BCUT2D eigenvalue weighted by Gasteiger charge is 2.29. The summed E-state index contributed by atoms with van der Waals surface area (Å²) in [4.78, 5) is 0. The van der Waals surface area contributed by atoms with Crippen molar-refractivity contribution in [2.24, 2.45) is 0 Å². The normalized spacial score (nSPS) is 13.6. The average molecular weight is 208 g/mol. The van der Waals surface area contributed by atoms with Crippen molar-refractivity contribution in [1.29, 1.82) is 0 Å². The van der Waals surface area contributed by atoms with Gasteiger partial charge in [0.15, 0.2) is 0 Å². The molecule has 0 bridgehead atoms. The van der Waals surface area contributed by atoms with Gasteiger partial charge in [0, 0.05) is 0 Å². The fraction of sp³-hybridized carbons (Fsp3) is 0.538. The zero-order chi connectivity index (χ0) is 11.3. The number of hydrogen-bond acceptors (Lipinski definition) is 2. The highest BCUT2D eigenvalue weighted by atomic mass is 16.5. The number of benzene rings is 1. The molecule has 0 amide bonds. The van der Waals surface area contributed by atoms with Crippen molar-refractivity contribution in [3.63, 3.8) is 0 Å². The van der Waals surface area contributed by atoms with E-state index in [1.54, 1.807) is 0 Å². The molecule has 0 saturated carbocycles. The molecule has 0 heterocycles. The number of ether oxygens (including phenoxy) is 1. The maximum absolute atomic E-state index is 9.91. The molecule has 2 heteroatoms. The van der Waals surface area contributed by atoms with E-state index in [0.29, 0.717) is 0 Å². The maximum atomic E-state index is 9.91. The van der Waals surface area contributed by atoms with Crippen LogP contribution in [0.4, 0.5) is 0 Å². The van der Waals surface area contributed by atoms with Crippen LogP contribution in [-0.2, 0) is 0 Å². The number of para-hydroxylation sites is 1. The van der Waals surface area contributed by atoms with Crippen molar-refractivity contribution in [3.8, 4) is 5.75 Å². The standard InChI is InChI=1S/C13H20O2/c1-4-8-12(14)13(2,3)15-11-9-6-5-7-10-11/h5-7,9-10,12,14H,4,8H2,1-3H3/t12-/m1/s1. The van der Waals surface area contributed by atoms with Gasteiger partial charge in [-0.15, -0.1) is 0 Å². The van der Waals surface area contributed by atoms with E-state index in [2.05, 4.69) is 6.92 Å². The van der Waals surface area contributed by atoms with Crippen LogP contribution in [0, 0.1) is 0 Å². The Balaban J connectivity index is 2.63. The van der Waals surface area contributed by atoms with Crippen molar-refractivity contribution in [1.82, 2.24) is 0 Å². The van der Waals surface area contributed by atoms with Crippen LogP contribution >= 0.6 is 0 Å². The largest absolute Gasteiger partial charge is 0.485 e. The molecule has 0 radical (unpaired) electrons. The molecule has 0 spiro atoms. The maximum Gasteiger partial charge on any atom is 0.129 e. The zero-order valence-corrected chi connectivity index (χ0v) is 9.73. The molecule has 1 aromatic carbocycles. The van der Waals surface area contributed by atoms with Gasteiger partial charge >= 0.3 is 0 Å². The first kappa shape index (κ1) is 12.1. The van der Waals surface area contributed by atoms with Crippen LogP contribution in [0.25, 0.3) is 0 Å². The van der Waals surface area contributed by atoms with Crippen LogP contribution < -0.4 is 4.74 Å². The Bertz CT molecular complexity index is 280. The number of aliphatic hydroxyl groups is 1. The summed E-state index contributed by atoms with van der Waals surface area (Å²) in [5.41, 5.74) is -0.530. The first-order valence-electron chi connectivity index (χ1n) is 5.48. The summed E-state index contributed by atoms with van der Waals surface area (Å²) in [6.45, 7) is 5.89. The first-order valence-corrected chi connectivity index (χ1v) is 5.48. The van der Waals surface area contributed by atoms with E-state index in [-0.39, 0.29) is 0 Å². The smallest absolute Gasteiger partial charge is 0.129 e. The number of hydrogen-bond donors (Lipinski definition) is 1. The van der Waals surface area contributed by atoms with Crippen LogP contribution in [0.15, 0.2) is 30.3 Å². The molecule has 1 rings (SSSR count). The third-order valence-electron chi connectivity index (χ3n) is 2.49. The van der Waals surface area contributed by atoms with E-state index in [0.717, 1.165) is 18.6 Å². The number of rotatable bonds is 5. The van der Waals surface area contributed by atoms with Crippen LogP contribution in [0.3, 0.4) is 0 Å². The minimum absolute atomic E-state index is 0.428. The summed E-state index contributed by atoms with van der Waals surface area (Å²) >= 11 is 0. The van der Waals surface area contributed by atoms with Crippen molar-refractivity contribution in [2.45, 2.75) is 45.3 Å². The van der Waals surface area contributed by atoms with E-state index in [9.17, 15) is 5.11 Å². The second-order valence-electron chi connectivity index (χ2n) is 4.32. The van der Waals surface area contributed by atoms with Crippen molar-refractivity contribution in [3.05, 3.63) is 30.3 Å². The van der Waals surface area contributed by atoms with Gasteiger partial charge in [0.2, 0.25) is 0 Å². The van der Waals surface area contributed by atoms with Gasteiger partial charge in [-0.1, -0.05) is 31.5 Å². The van der Waals surface area contributed by atoms with Gasteiger partial charge in [-0.25, -0.2) is 0 Å². The Morgan fingerprint density at radius 1 is 1.27 bits per heavy atom. The molecule has 1 aromatic rings. The summed E-state index contributed by atoms with van der Waals surface area (Å²) < 4.78 is 5.77. The summed E-state index contributed by atoms with van der Waals surface area (Å²) in [6, 6.07) is 9.61. The second-order valence-corrected chi connectivity index (χ2v) is 4.32. The van der Waals surface area contributed by atoms with Crippen LogP contribution in [-0.4, -0.2) is 16.8 Å². The van der Waals surface area contributed by atoms with Crippen molar-refractivity contribution >= 4 is 0 Å². The van der Waals surface area contributed by atoms with E-state index in [4.69, 9.17) is 4.74 Å². The van der Waals surface area contributed by atoms with Crippen molar-refractivity contribution < 1.29 is 9.84 Å². The lowest BCUT2D eigenvalue weighted by Gasteiger charge is -2.31. The van der Waals surface area contributed by atoms with Crippen LogP contribution in [0.1, 0.15) is 33.6 Å². The third kappa shape index (κ3) is 3.56. The molecule has 0 aliphatic heterocycles. The van der Waals surface area contributed by atoms with Gasteiger partial charge in [0.05, 0.1) is 6.10 Å². The molecule has 1 N–H and O–H groups in total. The highest BCUT2D eigenvalue weighted by molar-refractivity contribution is 5.22. The summed E-state index contributed by atoms with van der Waals surface area (Å²) in [5.74, 6) is 0.803. The van der Waals surface area contributed by atoms with Crippen LogP contribution in [0.2, 0.25) is 0 Å². The number of aliphatic hydroxyl groups excluding tert-OH is 1. The predicted octanol–water partition coefficient (Wildman–Crippen LogP) is 3.01. The molecule has 0 fully saturated rings. The lowest BCUT2D eigenvalue weighted by atomic mass is 9.97. The Morgan fingerprint density at radius 3 is 2.40 bits per heavy atom. The Kier molecular flexibility index (Phi) is 4.15. The minimum Gasteiger partial charge on any atom is -0.485 e. The Hall–Kier alpha value is -1.02. The SMILES string of the molecule is CCC[C@@H](O)C(C)(C)Oc1ccccc1. The predicted molar refractivity (Wildman–Crippen MR) is 62.1 cm³/mol. The average Bonchev–Trinajstić information content (AvgIpc) is 2.19. The Labute approximate surface area is 91.9 Å². The van der Waals surface area contributed by atoms with E-state index >= 15 is 0 Å². The zero-order valence-electron chi connectivity index (χ0n) is 9.73. The Morgan fingerprint density at radius 2 is 1.87 bits per heavy atom. The minimum atomic E-state index is -0.530. The summed E-state index contributed by atoms with van der Waals surface area (Å²) in [7, 11) is 0. The monoisotopic (exact) mass is 208 g/mol. The van der Waals surface area contributed by atoms with Gasteiger partial charge in [0.1, 0.15) is 11.4 Å². The molecule has 15 heavy (non-hydrogen) atoms. The second kappa shape index (κ2) is 5.17. The topological polar surface area (TPSA) is 29.5 Å². The van der Waals surface area contributed by atoms with Gasteiger partial charge in [-0.2, -0.15) is 0 Å². The molecule has 1 atom stereocenters. The van der Waals surface area contributed by atoms with Crippen LogP contribution in [0.5, 0.6) is 5.75 Å². The highest BCUT2D eigenvalue weighted by Crippen LogP contribution is 2.22. The molecule has 84 valence electrons. The molecule has 2 nitrogen and oxygen atoms in total. The third-order valence-corrected chi connectivity index (χ3v) is 2.49. The summed E-state index contributed by atoms with van der Waals surface area (Å²) in [5, 5.41) is 9.91. The van der Waals surface area contributed by atoms with Gasteiger partial charge < -0.3 is 9.84 Å². The van der Waals surface area contributed by atoms with Crippen molar-refractivity contribution in [2.75, 3.05) is 0 Å². The summed E-state index contributed by atoms with van der Waals surface area (Å²) in [6.07, 6.45) is 1.30. The fourth-order valence-electron chi connectivity index (χ4n) is 1.48. The molecule has 0 aliphatic rings. The van der Waals surface area contributed by atoms with E-state index in [1.165, 1.54) is 0 Å². The van der Waals surface area contributed by atoms with E-state index < -0.39 is 11.7 Å². The van der Waals surface area contributed by atoms with Gasteiger partial charge in [0.25, 0.3) is 0 Å². The van der Waals surface area contributed by atoms with Gasteiger partial charge in [-0.05, 0) is 32.4 Å². The quantitative estimate of drug-likeness (QED) is 0.806. The lowest BCUT2D eigenvalue weighted by molar-refractivity contribution is -0.0325.